The summed E-state index contributed by atoms with van der Waals surface area (Å²) in [6.07, 6.45) is 0.734. The lowest BCUT2D eigenvalue weighted by Gasteiger charge is -2.08. The van der Waals surface area contributed by atoms with Crippen molar-refractivity contribution in [2.24, 2.45) is 7.05 Å². The van der Waals surface area contributed by atoms with E-state index in [0.29, 0.717) is 11.3 Å². The molecule has 0 saturated carbocycles. The topological polar surface area (TPSA) is 42.2 Å². The van der Waals surface area contributed by atoms with Gasteiger partial charge in [0.1, 0.15) is 6.10 Å². The number of aliphatic hydroxyl groups is 1. The molecule has 0 aliphatic carbocycles. The van der Waals surface area contributed by atoms with Crippen LogP contribution in [-0.2, 0) is 7.05 Å². The Balaban J connectivity index is 2.26. The molecule has 2 heterocycles. The van der Waals surface area contributed by atoms with Gasteiger partial charge in [0.25, 0.3) is 0 Å². The minimum atomic E-state index is -1.05. The van der Waals surface area contributed by atoms with Crippen molar-refractivity contribution in [1.29, 1.82) is 0 Å². The molecule has 2 aromatic heterocycles. The number of carbonyl (C=O) groups excluding carboxylic acids is 1. The van der Waals surface area contributed by atoms with Crippen LogP contribution in [0.1, 0.15) is 22.2 Å². The molecule has 3 nitrogen and oxygen atoms in total. The van der Waals surface area contributed by atoms with E-state index >= 15 is 0 Å². The Labute approximate surface area is 91.6 Å². The summed E-state index contributed by atoms with van der Waals surface area (Å²) < 4.78 is 1.71. The Morgan fingerprint density at radius 3 is 2.87 bits per heavy atom. The quantitative estimate of drug-likeness (QED) is 0.805. The number of aryl methyl sites for hydroxylation is 1. The number of carbonyl (C=O) groups is 1. The van der Waals surface area contributed by atoms with Gasteiger partial charge in [-0.3, -0.25) is 4.79 Å². The molecule has 4 heteroatoms. The SMILES string of the molecule is Cn1cccc1C(=O)C(O)c1ccsc1. The van der Waals surface area contributed by atoms with E-state index in [-0.39, 0.29) is 5.78 Å². The van der Waals surface area contributed by atoms with E-state index in [1.165, 1.54) is 11.3 Å². The number of thiophene rings is 1. The molecule has 2 rings (SSSR count). The van der Waals surface area contributed by atoms with E-state index in [0.717, 1.165) is 0 Å². The first-order valence-electron chi connectivity index (χ1n) is 4.56. The number of nitrogens with zero attached hydrogens (tertiary/aromatic N) is 1. The van der Waals surface area contributed by atoms with Crippen molar-refractivity contribution >= 4 is 17.1 Å². The Kier molecular flexibility index (Phi) is 2.70. The van der Waals surface area contributed by atoms with Gasteiger partial charge in [-0.25, -0.2) is 0 Å². The van der Waals surface area contributed by atoms with Crippen molar-refractivity contribution in [3.05, 3.63) is 46.4 Å². The van der Waals surface area contributed by atoms with Gasteiger partial charge in [-0.05, 0) is 34.5 Å². The Hall–Kier alpha value is -1.39. The third-order valence-electron chi connectivity index (χ3n) is 2.30. The largest absolute Gasteiger partial charge is 0.380 e. The van der Waals surface area contributed by atoms with Crippen molar-refractivity contribution in [3.63, 3.8) is 0 Å². The normalized spacial score (nSPS) is 12.7. The molecule has 1 atom stereocenters. The maximum absolute atomic E-state index is 11.9. The van der Waals surface area contributed by atoms with Crippen LogP contribution in [0.2, 0.25) is 0 Å². The molecule has 0 radical (unpaired) electrons. The highest BCUT2D eigenvalue weighted by atomic mass is 32.1. The van der Waals surface area contributed by atoms with Gasteiger partial charge >= 0.3 is 0 Å². The average Bonchev–Trinajstić information content (AvgIpc) is 2.85. The van der Waals surface area contributed by atoms with Crippen LogP contribution < -0.4 is 0 Å². The highest BCUT2D eigenvalue weighted by Gasteiger charge is 2.21. The van der Waals surface area contributed by atoms with E-state index in [1.807, 2.05) is 5.38 Å². The molecular weight excluding hydrogens is 210 g/mol. The van der Waals surface area contributed by atoms with Gasteiger partial charge in [-0.15, -0.1) is 0 Å². The molecule has 0 fully saturated rings. The van der Waals surface area contributed by atoms with Crippen molar-refractivity contribution in [2.75, 3.05) is 0 Å². The van der Waals surface area contributed by atoms with E-state index < -0.39 is 6.10 Å². The van der Waals surface area contributed by atoms with Crippen molar-refractivity contribution in [2.45, 2.75) is 6.10 Å². The standard InChI is InChI=1S/C11H11NO2S/c1-12-5-2-3-9(12)11(14)10(13)8-4-6-15-7-8/h2-7,10,13H,1H3. The number of hydrogen-bond acceptors (Lipinski definition) is 3. The molecular formula is C11H11NO2S. The molecule has 15 heavy (non-hydrogen) atoms. The molecule has 0 saturated heterocycles. The second kappa shape index (κ2) is 4.00. The fourth-order valence-electron chi connectivity index (χ4n) is 1.44. The van der Waals surface area contributed by atoms with Gasteiger partial charge in [0.15, 0.2) is 0 Å². The number of rotatable bonds is 3. The summed E-state index contributed by atoms with van der Waals surface area (Å²) in [5, 5.41) is 13.4. The molecule has 0 spiro atoms. The second-order valence-electron chi connectivity index (χ2n) is 3.33. The third-order valence-corrected chi connectivity index (χ3v) is 3.00. The molecule has 0 amide bonds. The minimum absolute atomic E-state index is 0.263. The molecule has 0 aliphatic rings. The number of hydrogen-bond donors (Lipinski definition) is 1. The molecule has 0 aromatic carbocycles. The number of aromatic nitrogens is 1. The fourth-order valence-corrected chi connectivity index (χ4v) is 2.12. The minimum Gasteiger partial charge on any atom is -0.380 e. The summed E-state index contributed by atoms with van der Waals surface area (Å²) in [4.78, 5) is 11.9. The summed E-state index contributed by atoms with van der Waals surface area (Å²) in [5.74, 6) is -0.263. The zero-order valence-electron chi connectivity index (χ0n) is 8.25. The molecule has 1 N–H and O–H groups in total. The Morgan fingerprint density at radius 2 is 2.33 bits per heavy atom. The van der Waals surface area contributed by atoms with Crippen LogP contribution in [0.5, 0.6) is 0 Å². The first-order valence-corrected chi connectivity index (χ1v) is 5.50. The van der Waals surface area contributed by atoms with Gasteiger partial charge in [-0.2, -0.15) is 11.3 Å². The maximum Gasteiger partial charge on any atom is 0.212 e. The van der Waals surface area contributed by atoms with Gasteiger partial charge in [-0.1, -0.05) is 0 Å². The summed E-state index contributed by atoms with van der Waals surface area (Å²) in [7, 11) is 1.79. The number of aliphatic hydroxyl groups excluding tert-OH is 1. The van der Waals surface area contributed by atoms with Crippen molar-refractivity contribution in [1.82, 2.24) is 4.57 Å². The van der Waals surface area contributed by atoms with Gasteiger partial charge < -0.3 is 9.67 Å². The summed E-state index contributed by atoms with van der Waals surface area (Å²) in [6.45, 7) is 0. The zero-order valence-corrected chi connectivity index (χ0v) is 9.07. The summed E-state index contributed by atoms with van der Waals surface area (Å²) in [6, 6.07) is 5.25. The van der Waals surface area contributed by atoms with Crippen LogP contribution in [0, 0.1) is 0 Å². The lowest BCUT2D eigenvalue weighted by molar-refractivity contribution is 0.0739. The van der Waals surface area contributed by atoms with E-state index in [1.54, 1.807) is 41.4 Å². The van der Waals surface area contributed by atoms with E-state index in [4.69, 9.17) is 0 Å². The monoisotopic (exact) mass is 221 g/mol. The molecule has 78 valence electrons. The van der Waals surface area contributed by atoms with Crippen LogP contribution in [0.3, 0.4) is 0 Å². The smallest absolute Gasteiger partial charge is 0.212 e. The first kappa shape index (κ1) is 10.1. The van der Waals surface area contributed by atoms with Crippen LogP contribution >= 0.6 is 11.3 Å². The highest BCUT2D eigenvalue weighted by molar-refractivity contribution is 7.08. The fraction of sp³-hybridized carbons (Fsp3) is 0.182. The van der Waals surface area contributed by atoms with Crippen LogP contribution in [0.4, 0.5) is 0 Å². The molecule has 0 aliphatic heterocycles. The maximum atomic E-state index is 11.9. The van der Waals surface area contributed by atoms with Crippen molar-refractivity contribution in [3.8, 4) is 0 Å². The number of ketones is 1. The van der Waals surface area contributed by atoms with E-state index in [9.17, 15) is 9.90 Å². The summed E-state index contributed by atoms with van der Waals surface area (Å²) in [5.41, 5.74) is 1.18. The van der Waals surface area contributed by atoms with Crippen LogP contribution in [0.25, 0.3) is 0 Å². The molecule has 0 bridgehead atoms. The molecule has 2 aromatic rings. The summed E-state index contributed by atoms with van der Waals surface area (Å²) >= 11 is 1.47. The Bertz CT molecular complexity index is 459. The van der Waals surface area contributed by atoms with E-state index in [2.05, 4.69) is 0 Å². The second-order valence-corrected chi connectivity index (χ2v) is 4.11. The third kappa shape index (κ3) is 1.86. The van der Waals surface area contributed by atoms with Crippen LogP contribution in [-0.4, -0.2) is 15.5 Å². The van der Waals surface area contributed by atoms with Gasteiger partial charge in [0.05, 0.1) is 5.69 Å². The first-order chi connectivity index (χ1) is 7.20. The predicted molar refractivity (Wildman–Crippen MR) is 59.0 cm³/mol. The van der Waals surface area contributed by atoms with Gasteiger partial charge in [0, 0.05) is 13.2 Å². The van der Waals surface area contributed by atoms with Gasteiger partial charge in [0.2, 0.25) is 5.78 Å². The predicted octanol–water partition coefficient (Wildman–Crippen LogP) is 2.00. The highest BCUT2D eigenvalue weighted by Crippen LogP contribution is 2.20. The number of Topliss-reactive ketones (excluding diaryl/α,β-unsaturated/α-hetero) is 1. The lowest BCUT2D eigenvalue weighted by atomic mass is 10.1. The van der Waals surface area contributed by atoms with Crippen molar-refractivity contribution < 1.29 is 9.90 Å². The zero-order chi connectivity index (χ0) is 10.8. The Morgan fingerprint density at radius 1 is 1.53 bits per heavy atom. The molecule has 1 unspecified atom stereocenters. The van der Waals surface area contributed by atoms with Crippen LogP contribution in [0.15, 0.2) is 35.2 Å². The lowest BCUT2D eigenvalue weighted by Crippen LogP contribution is -2.14. The average molecular weight is 221 g/mol.